The third-order valence-corrected chi connectivity index (χ3v) is 6.35. The van der Waals surface area contributed by atoms with Crippen molar-refractivity contribution in [2.75, 3.05) is 38.3 Å². The molecule has 1 heterocycles. The number of amides is 1. The fourth-order valence-electron chi connectivity index (χ4n) is 3.45. The van der Waals surface area contributed by atoms with Crippen LogP contribution in [0.1, 0.15) is 17.5 Å². The monoisotopic (exact) mass is 458 g/mol. The van der Waals surface area contributed by atoms with Crippen LogP contribution in [0.5, 0.6) is 0 Å². The van der Waals surface area contributed by atoms with Gasteiger partial charge in [-0.3, -0.25) is 9.69 Å². The molecule has 0 aromatic heterocycles. The molecule has 170 valence electrons. The molecule has 0 radical (unpaired) electrons. The first kappa shape index (κ1) is 23.7. The number of hydrazone groups is 1. The van der Waals surface area contributed by atoms with E-state index in [-0.39, 0.29) is 22.7 Å². The quantitative estimate of drug-likeness (QED) is 0.377. The van der Waals surface area contributed by atoms with Crippen molar-refractivity contribution in [3.8, 4) is 0 Å². The Kier molecular flexibility index (Phi) is 8.64. The number of nitrogens with zero attached hydrogens (tertiary/aromatic N) is 2. The number of carbonyl (C=O) groups is 2. The van der Waals surface area contributed by atoms with E-state index in [1.807, 2.05) is 6.07 Å². The minimum atomic E-state index is -0.572. The molecule has 1 aliphatic rings. The summed E-state index contributed by atoms with van der Waals surface area (Å²) in [5, 5.41) is 6.71. The van der Waals surface area contributed by atoms with Crippen LogP contribution in [-0.2, 0) is 20.9 Å². The Morgan fingerprint density at radius 3 is 2.78 bits per heavy atom. The van der Waals surface area contributed by atoms with Crippen molar-refractivity contribution in [1.29, 1.82) is 0 Å². The first-order chi connectivity index (χ1) is 15.5. The lowest BCUT2D eigenvalue weighted by Crippen LogP contribution is -2.29. The summed E-state index contributed by atoms with van der Waals surface area (Å²) >= 11 is 1.60. The minimum absolute atomic E-state index is 0.0925. The fourth-order valence-corrected chi connectivity index (χ4v) is 4.59. The number of esters is 1. The number of thioether (sulfide) groups is 1. The van der Waals surface area contributed by atoms with Crippen molar-refractivity contribution < 1.29 is 18.7 Å². The van der Waals surface area contributed by atoms with Gasteiger partial charge >= 0.3 is 5.97 Å². The summed E-state index contributed by atoms with van der Waals surface area (Å²) in [6.45, 7) is 2.03. The van der Waals surface area contributed by atoms with Crippen LogP contribution in [0.2, 0.25) is 0 Å². The van der Waals surface area contributed by atoms with Crippen LogP contribution in [0.15, 0.2) is 53.6 Å². The van der Waals surface area contributed by atoms with Crippen LogP contribution in [0.4, 0.5) is 10.1 Å². The second-order valence-corrected chi connectivity index (χ2v) is 8.57. The van der Waals surface area contributed by atoms with Crippen molar-refractivity contribution in [3.63, 3.8) is 0 Å². The predicted octanol–water partition coefficient (Wildman–Crippen LogP) is 2.87. The molecule has 2 aromatic carbocycles. The van der Waals surface area contributed by atoms with E-state index in [4.69, 9.17) is 4.74 Å². The maximum absolute atomic E-state index is 14.0. The molecule has 7 nitrogen and oxygen atoms in total. The molecule has 2 aromatic rings. The maximum atomic E-state index is 14.0. The van der Waals surface area contributed by atoms with Crippen molar-refractivity contribution in [2.24, 2.45) is 5.10 Å². The Hall–Kier alpha value is -2.91. The second-order valence-electron chi connectivity index (χ2n) is 7.26. The molecule has 2 N–H and O–H groups in total. The van der Waals surface area contributed by atoms with Crippen LogP contribution < -0.4 is 10.7 Å². The van der Waals surface area contributed by atoms with Gasteiger partial charge < -0.3 is 15.5 Å². The summed E-state index contributed by atoms with van der Waals surface area (Å²) in [4.78, 5) is 27.1. The van der Waals surface area contributed by atoms with E-state index >= 15 is 0 Å². The average Bonchev–Trinajstić information content (AvgIpc) is 3.04. The van der Waals surface area contributed by atoms with Gasteiger partial charge in [0.2, 0.25) is 5.91 Å². The highest BCUT2D eigenvalue weighted by Gasteiger charge is 2.24. The molecule has 0 saturated carbocycles. The van der Waals surface area contributed by atoms with E-state index in [1.54, 1.807) is 55.2 Å². The Bertz CT molecular complexity index is 985. The largest absolute Gasteiger partial charge is 0.464 e. The molecular weight excluding hydrogens is 431 g/mol. The van der Waals surface area contributed by atoms with E-state index in [1.165, 1.54) is 13.2 Å². The van der Waals surface area contributed by atoms with E-state index in [0.29, 0.717) is 36.3 Å². The SMILES string of the molecule is CN/N=C(/C(=O)OC)c1cccc(NC(=O)C2CCN(Cc3ccccc3F)CCS2)c1. The number of ether oxygens (including phenoxy) is 1. The highest BCUT2D eigenvalue weighted by molar-refractivity contribution is 8.00. The summed E-state index contributed by atoms with van der Waals surface area (Å²) in [7, 11) is 2.88. The zero-order chi connectivity index (χ0) is 22.9. The highest BCUT2D eigenvalue weighted by atomic mass is 32.2. The molecule has 1 amide bonds. The van der Waals surface area contributed by atoms with Gasteiger partial charge in [0, 0.05) is 49.2 Å². The lowest BCUT2D eigenvalue weighted by atomic mass is 10.1. The number of carbonyl (C=O) groups excluding carboxylic acids is 2. The number of anilines is 1. The first-order valence-corrected chi connectivity index (χ1v) is 11.4. The summed E-state index contributed by atoms with van der Waals surface area (Å²) < 4.78 is 18.7. The number of methoxy groups -OCH3 is 1. The first-order valence-electron chi connectivity index (χ1n) is 10.3. The zero-order valence-corrected chi connectivity index (χ0v) is 19.0. The van der Waals surface area contributed by atoms with Crippen LogP contribution in [0.3, 0.4) is 0 Å². The maximum Gasteiger partial charge on any atom is 0.359 e. The molecular formula is C23H27FN4O3S. The van der Waals surface area contributed by atoms with Crippen molar-refractivity contribution in [2.45, 2.75) is 18.2 Å². The van der Waals surface area contributed by atoms with E-state index < -0.39 is 5.97 Å². The van der Waals surface area contributed by atoms with Crippen LogP contribution in [0.25, 0.3) is 0 Å². The number of nitrogens with one attached hydrogen (secondary N) is 2. The molecule has 9 heteroatoms. The highest BCUT2D eigenvalue weighted by Crippen LogP contribution is 2.23. The summed E-state index contributed by atoms with van der Waals surface area (Å²) in [6.07, 6.45) is 0.666. The fraction of sp³-hybridized carbons (Fsp3) is 0.348. The van der Waals surface area contributed by atoms with Gasteiger partial charge in [-0.05, 0) is 24.6 Å². The number of hydrogen-bond donors (Lipinski definition) is 2. The van der Waals surface area contributed by atoms with Crippen LogP contribution in [0, 0.1) is 5.82 Å². The van der Waals surface area contributed by atoms with Gasteiger partial charge in [-0.25, -0.2) is 9.18 Å². The third-order valence-electron chi connectivity index (χ3n) is 5.08. The Morgan fingerprint density at radius 2 is 2.03 bits per heavy atom. The Balaban J connectivity index is 1.62. The number of benzene rings is 2. The Labute approximate surface area is 191 Å². The van der Waals surface area contributed by atoms with Crippen LogP contribution in [-0.4, -0.2) is 60.7 Å². The topological polar surface area (TPSA) is 83.0 Å². The molecule has 1 unspecified atom stereocenters. The molecule has 1 aliphatic heterocycles. The smallest absolute Gasteiger partial charge is 0.359 e. The van der Waals surface area contributed by atoms with Crippen molar-refractivity contribution >= 4 is 35.0 Å². The minimum Gasteiger partial charge on any atom is -0.464 e. The molecule has 0 aliphatic carbocycles. The average molecular weight is 459 g/mol. The summed E-state index contributed by atoms with van der Waals surface area (Å²) in [5.74, 6) is -0.0812. The number of rotatable bonds is 7. The van der Waals surface area contributed by atoms with Gasteiger partial charge in [0.1, 0.15) is 5.82 Å². The van der Waals surface area contributed by atoms with E-state index in [9.17, 15) is 14.0 Å². The molecule has 32 heavy (non-hydrogen) atoms. The van der Waals surface area contributed by atoms with E-state index in [2.05, 4.69) is 20.7 Å². The lowest BCUT2D eigenvalue weighted by molar-refractivity contribution is -0.132. The van der Waals surface area contributed by atoms with Gasteiger partial charge in [0.15, 0.2) is 5.71 Å². The van der Waals surface area contributed by atoms with Gasteiger partial charge in [-0.15, -0.1) is 11.8 Å². The Morgan fingerprint density at radius 1 is 1.22 bits per heavy atom. The van der Waals surface area contributed by atoms with Crippen molar-refractivity contribution in [3.05, 3.63) is 65.5 Å². The summed E-state index contributed by atoms with van der Waals surface area (Å²) in [6, 6.07) is 13.7. The molecule has 1 saturated heterocycles. The predicted molar refractivity (Wildman–Crippen MR) is 125 cm³/mol. The van der Waals surface area contributed by atoms with Gasteiger partial charge in [-0.1, -0.05) is 30.3 Å². The van der Waals surface area contributed by atoms with Gasteiger partial charge in [0.05, 0.1) is 12.4 Å². The number of hydrogen-bond acceptors (Lipinski definition) is 7. The van der Waals surface area contributed by atoms with Crippen LogP contribution >= 0.6 is 11.8 Å². The third kappa shape index (κ3) is 6.30. The molecule has 1 fully saturated rings. The molecule has 0 spiro atoms. The second kappa shape index (κ2) is 11.6. The van der Waals surface area contributed by atoms with Crippen molar-refractivity contribution in [1.82, 2.24) is 10.3 Å². The van der Waals surface area contributed by atoms with E-state index in [0.717, 1.165) is 12.3 Å². The summed E-state index contributed by atoms with van der Waals surface area (Å²) in [5.41, 5.74) is 4.50. The van der Waals surface area contributed by atoms with Gasteiger partial charge in [0.25, 0.3) is 0 Å². The molecule has 1 atom stereocenters. The molecule has 0 bridgehead atoms. The lowest BCUT2D eigenvalue weighted by Gasteiger charge is -2.20. The zero-order valence-electron chi connectivity index (χ0n) is 18.1. The van der Waals surface area contributed by atoms with Gasteiger partial charge in [-0.2, -0.15) is 5.10 Å². The number of halogens is 1. The molecule has 3 rings (SSSR count). The normalized spacial score (nSPS) is 17.3. The standard InChI is InChI=1S/C23H27FN4O3S/c1-25-27-21(23(30)31-2)16-7-5-8-18(14-16)26-22(29)20-10-11-28(12-13-32-20)15-17-6-3-4-9-19(17)24/h3-9,14,20,25H,10-13,15H2,1-2H3,(H,26,29)/b27-21+.